The number of hydrogen-bond acceptors (Lipinski definition) is 6. The fraction of sp³-hybridized carbons (Fsp3) is 0.222. The number of thioether (sulfide) groups is 1. The number of fused-ring (bicyclic) bond motifs is 1. The summed E-state index contributed by atoms with van der Waals surface area (Å²) in [5.74, 6) is -2.22. The number of alkyl halides is 6. The maximum absolute atomic E-state index is 13.7. The van der Waals surface area contributed by atoms with Gasteiger partial charge in [0, 0.05) is 29.3 Å². The molecule has 0 spiro atoms. The van der Waals surface area contributed by atoms with Crippen LogP contribution >= 0.6 is 23.4 Å². The van der Waals surface area contributed by atoms with Crippen molar-refractivity contribution in [3.8, 4) is 11.5 Å². The van der Waals surface area contributed by atoms with Crippen LogP contribution in [-0.4, -0.2) is 36.8 Å². The minimum absolute atomic E-state index is 0.0819. The van der Waals surface area contributed by atoms with Gasteiger partial charge in [0.25, 0.3) is 0 Å². The highest BCUT2D eigenvalue weighted by Gasteiger charge is 2.45. The van der Waals surface area contributed by atoms with Crippen LogP contribution in [0.3, 0.4) is 0 Å². The highest BCUT2D eigenvalue weighted by atomic mass is 35.5. The number of benzene rings is 3. The van der Waals surface area contributed by atoms with Crippen LogP contribution in [-0.2, 0) is 12.4 Å². The number of carbonyl (C=O) groups is 3. The van der Waals surface area contributed by atoms with Crippen molar-refractivity contribution in [2.45, 2.75) is 17.2 Å². The summed E-state index contributed by atoms with van der Waals surface area (Å²) in [6.07, 6.45) is -12.3. The SMILES string of the molecule is O=C(NCC1(CNC(=O)Oc2ccccc2C(F)(F)F)CSc2c(Cl)cccc2C1=O)Oc1ccccc1C(F)(F)F. The molecule has 0 aromatic heterocycles. The Balaban J connectivity index is 1.54. The van der Waals surface area contributed by atoms with Crippen molar-refractivity contribution in [2.75, 3.05) is 18.8 Å². The topological polar surface area (TPSA) is 93.7 Å². The molecule has 7 nitrogen and oxygen atoms in total. The summed E-state index contributed by atoms with van der Waals surface area (Å²) in [5, 5.41) is 4.79. The quantitative estimate of drug-likeness (QED) is 0.279. The molecule has 0 aliphatic carbocycles. The molecule has 0 atom stereocenters. The number of carbonyl (C=O) groups excluding carboxylic acids is 3. The number of ketones is 1. The van der Waals surface area contributed by atoms with Crippen molar-refractivity contribution >= 4 is 41.3 Å². The van der Waals surface area contributed by atoms with E-state index in [0.717, 1.165) is 48.2 Å². The van der Waals surface area contributed by atoms with Crippen LogP contribution < -0.4 is 20.1 Å². The summed E-state index contributed by atoms with van der Waals surface area (Å²) in [7, 11) is 0. The third-order valence-electron chi connectivity index (χ3n) is 6.12. The van der Waals surface area contributed by atoms with Crippen molar-refractivity contribution in [1.29, 1.82) is 0 Å². The van der Waals surface area contributed by atoms with Gasteiger partial charge in [0.1, 0.15) is 11.5 Å². The average molecular weight is 633 g/mol. The van der Waals surface area contributed by atoms with Crippen molar-refractivity contribution in [3.63, 3.8) is 0 Å². The van der Waals surface area contributed by atoms with Gasteiger partial charge in [0.15, 0.2) is 5.78 Å². The van der Waals surface area contributed by atoms with E-state index in [-0.39, 0.29) is 16.3 Å². The smallest absolute Gasteiger partial charge is 0.410 e. The van der Waals surface area contributed by atoms with Crippen LogP contribution in [0.4, 0.5) is 35.9 Å². The molecule has 0 saturated heterocycles. The van der Waals surface area contributed by atoms with Gasteiger partial charge in [0.05, 0.1) is 21.6 Å². The number of nitrogens with one attached hydrogen (secondary N) is 2. The number of Topliss-reactive ketones (excluding diaryl/α,β-unsaturated/α-hetero) is 1. The zero-order valence-corrected chi connectivity index (χ0v) is 22.6. The molecule has 0 unspecified atom stereocenters. The molecule has 2 amide bonds. The van der Waals surface area contributed by atoms with E-state index >= 15 is 0 Å². The van der Waals surface area contributed by atoms with Crippen LogP contribution in [0.5, 0.6) is 11.5 Å². The molecular weight excluding hydrogens is 614 g/mol. The largest absolute Gasteiger partial charge is 0.419 e. The predicted molar refractivity (Wildman–Crippen MR) is 140 cm³/mol. The molecule has 3 aromatic rings. The third-order valence-corrected chi connectivity index (χ3v) is 7.97. The zero-order valence-electron chi connectivity index (χ0n) is 21.1. The van der Waals surface area contributed by atoms with Crippen molar-refractivity contribution in [3.05, 3.63) is 88.4 Å². The maximum atomic E-state index is 13.7. The van der Waals surface area contributed by atoms with Crippen LogP contribution in [0.25, 0.3) is 0 Å². The van der Waals surface area contributed by atoms with Gasteiger partial charge >= 0.3 is 24.5 Å². The summed E-state index contributed by atoms with van der Waals surface area (Å²) in [6, 6.07) is 12.5. The van der Waals surface area contributed by atoms with Gasteiger partial charge in [-0.15, -0.1) is 11.8 Å². The lowest BCUT2D eigenvalue weighted by molar-refractivity contribution is -0.139. The first-order valence-electron chi connectivity index (χ1n) is 11.9. The zero-order chi connectivity index (χ0) is 30.7. The number of para-hydroxylation sites is 2. The van der Waals surface area contributed by atoms with Crippen molar-refractivity contribution in [2.24, 2.45) is 5.41 Å². The second kappa shape index (κ2) is 12.1. The Hall–Kier alpha value is -3.91. The summed E-state index contributed by atoms with van der Waals surface area (Å²) in [6.45, 7) is -1.06. The highest BCUT2D eigenvalue weighted by Crippen LogP contribution is 2.43. The minimum Gasteiger partial charge on any atom is -0.410 e. The van der Waals surface area contributed by atoms with Gasteiger partial charge in [-0.25, -0.2) is 9.59 Å². The Morgan fingerprint density at radius 1 is 0.786 bits per heavy atom. The number of amides is 2. The number of hydrogen-bond donors (Lipinski definition) is 2. The van der Waals surface area contributed by atoms with Crippen LogP contribution in [0, 0.1) is 5.41 Å². The first-order chi connectivity index (χ1) is 19.7. The van der Waals surface area contributed by atoms with E-state index in [1.165, 1.54) is 24.3 Å². The molecule has 1 aliphatic heterocycles. The molecule has 0 saturated carbocycles. The van der Waals surface area contributed by atoms with Crippen LogP contribution in [0.2, 0.25) is 5.02 Å². The monoisotopic (exact) mass is 632 g/mol. The van der Waals surface area contributed by atoms with Gasteiger partial charge < -0.3 is 20.1 Å². The number of ether oxygens (including phenoxy) is 2. The normalized spacial score (nSPS) is 14.5. The molecule has 1 heterocycles. The Morgan fingerprint density at radius 3 is 1.74 bits per heavy atom. The Labute approximate surface area is 243 Å². The summed E-state index contributed by atoms with van der Waals surface area (Å²) >= 11 is 7.32. The molecule has 42 heavy (non-hydrogen) atoms. The molecule has 222 valence electrons. The molecule has 0 bridgehead atoms. The van der Waals surface area contributed by atoms with Crippen molar-refractivity contribution < 1.29 is 50.2 Å². The Bertz CT molecular complexity index is 1440. The third kappa shape index (κ3) is 6.93. The van der Waals surface area contributed by atoms with E-state index in [1.807, 2.05) is 0 Å². The van der Waals surface area contributed by atoms with E-state index in [2.05, 4.69) is 10.6 Å². The molecule has 1 aliphatic rings. The fourth-order valence-corrected chi connectivity index (χ4v) is 5.67. The molecule has 0 fully saturated rings. The highest BCUT2D eigenvalue weighted by molar-refractivity contribution is 7.99. The van der Waals surface area contributed by atoms with Gasteiger partial charge in [0.2, 0.25) is 0 Å². The molecule has 15 heteroatoms. The van der Waals surface area contributed by atoms with Gasteiger partial charge in [-0.2, -0.15) is 26.3 Å². The van der Waals surface area contributed by atoms with Crippen molar-refractivity contribution in [1.82, 2.24) is 10.6 Å². The average Bonchev–Trinajstić information content (AvgIpc) is 2.92. The molecule has 2 N–H and O–H groups in total. The summed E-state index contributed by atoms with van der Waals surface area (Å²) < 4.78 is 89.5. The standard InChI is InChI=1S/C27H19ClF6N2O5S/c28-18-9-5-6-15-21(18)42-14-25(22(15)37,12-35-23(38)40-19-10-3-1-7-16(19)26(29,30)31)13-36-24(39)41-20-11-4-2-8-17(20)27(32,33)34/h1-11H,12-14H2,(H,35,38)(H,36,39). The Kier molecular flexibility index (Phi) is 8.97. The summed E-state index contributed by atoms with van der Waals surface area (Å²) in [5.41, 5.74) is -3.88. The summed E-state index contributed by atoms with van der Waals surface area (Å²) in [4.78, 5) is 39.2. The fourth-order valence-electron chi connectivity index (χ4n) is 4.06. The molecule has 4 rings (SSSR count). The number of rotatable bonds is 6. The molecular formula is C27H19ClF6N2O5S. The molecule has 3 aromatic carbocycles. The maximum Gasteiger partial charge on any atom is 0.419 e. The van der Waals surface area contributed by atoms with Crippen LogP contribution in [0.1, 0.15) is 21.5 Å². The van der Waals surface area contributed by atoms with E-state index in [0.29, 0.717) is 4.90 Å². The lowest BCUT2D eigenvalue weighted by atomic mass is 9.81. The lowest BCUT2D eigenvalue weighted by Crippen LogP contribution is -2.54. The lowest BCUT2D eigenvalue weighted by Gasteiger charge is -2.36. The number of halogens is 7. The van der Waals surface area contributed by atoms with Gasteiger partial charge in [-0.1, -0.05) is 48.0 Å². The first-order valence-corrected chi connectivity index (χ1v) is 13.3. The van der Waals surface area contributed by atoms with Crippen LogP contribution in [0.15, 0.2) is 71.6 Å². The van der Waals surface area contributed by atoms with Gasteiger partial charge in [-0.05, 0) is 30.3 Å². The van der Waals surface area contributed by atoms with E-state index in [4.69, 9.17) is 21.1 Å². The second-order valence-corrected chi connectivity index (χ2v) is 10.4. The van der Waals surface area contributed by atoms with E-state index < -0.39 is 71.5 Å². The Morgan fingerprint density at radius 2 is 1.26 bits per heavy atom. The second-order valence-electron chi connectivity index (χ2n) is 8.99. The minimum atomic E-state index is -4.81. The molecule has 0 radical (unpaired) electrons. The van der Waals surface area contributed by atoms with E-state index in [1.54, 1.807) is 6.07 Å². The van der Waals surface area contributed by atoms with Gasteiger partial charge in [-0.3, -0.25) is 4.79 Å². The predicted octanol–water partition coefficient (Wildman–Crippen LogP) is 7.23. The first kappa shape index (κ1) is 31.0. The van der Waals surface area contributed by atoms with E-state index in [9.17, 15) is 40.7 Å².